The molecule has 3 aromatic rings. The van der Waals surface area contributed by atoms with Gasteiger partial charge in [0.2, 0.25) is 0 Å². The highest BCUT2D eigenvalue weighted by atomic mass is 16.1. The van der Waals surface area contributed by atoms with Crippen LogP contribution in [0.25, 0.3) is 10.9 Å². The molecule has 0 atom stereocenters. The summed E-state index contributed by atoms with van der Waals surface area (Å²) in [5, 5.41) is 8.01. The van der Waals surface area contributed by atoms with Gasteiger partial charge in [-0.05, 0) is 24.3 Å². The highest BCUT2D eigenvalue weighted by Crippen LogP contribution is 2.19. The summed E-state index contributed by atoms with van der Waals surface area (Å²) in [5.74, 6) is -0.244. The summed E-state index contributed by atoms with van der Waals surface area (Å²) in [6.07, 6.45) is 4.76. The van der Waals surface area contributed by atoms with Crippen LogP contribution in [-0.2, 0) is 7.05 Å². The number of rotatable bonds is 2. The second-order valence-corrected chi connectivity index (χ2v) is 4.50. The van der Waals surface area contributed by atoms with Gasteiger partial charge >= 0.3 is 0 Å². The normalized spacial score (nSPS) is 10.7. The third-order valence-electron chi connectivity index (χ3n) is 3.03. The van der Waals surface area contributed by atoms with E-state index >= 15 is 0 Å². The fraction of sp³-hybridized carbons (Fsp3) is 0.0714. The molecule has 0 aliphatic rings. The Morgan fingerprint density at radius 3 is 2.90 bits per heavy atom. The van der Waals surface area contributed by atoms with E-state index in [2.05, 4.69) is 15.4 Å². The van der Waals surface area contributed by atoms with E-state index in [1.54, 1.807) is 16.9 Å². The fourth-order valence-electron chi connectivity index (χ4n) is 2.01. The van der Waals surface area contributed by atoms with Crippen LogP contribution in [0.5, 0.6) is 0 Å². The van der Waals surface area contributed by atoms with Crippen LogP contribution in [0.2, 0.25) is 0 Å². The summed E-state index contributed by atoms with van der Waals surface area (Å²) in [4.78, 5) is 16.0. The minimum absolute atomic E-state index is 0.244. The van der Waals surface area contributed by atoms with E-state index in [1.807, 2.05) is 25.2 Å². The quantitative estimate of drug-likeness (QED) is 0.741. The first-order valence-electron chi connectivity index (χ1n) is 6.07. The number of carbonyl (C=O) groups is 1. The topological polar surface area (TPSA) is 85.8 Å². The molecule has 3 N–H and O–H groups in total. The monoisotopic (exact) mass is 267 g/mol. The molecule has 6 nitrogen and oxygen atoms in total. The number of hydrogen-bond acceptors (Lipinski definition) is 4. The Labute approximate surface area is 115 Å². The summed E-state index contributed by atoms with van der Waals surface area (Å²) in [6, 6.07) is 7.21. The van der Waals surface area contributed by atoms with E-state index in [4.69, 9.17) is 5.73 Å². The van der Waals surface area contributed by atoms with Crippen molar-refractivity contribution in [3.63, 3.8) is 0 Å². The number of fused-ring (bicyclic) bond motifs is 1. The van der Waals surface area contributed by atoms with Gasteiger partial charge in [-0.2, -0.15) is 5.10 Å². The van der Waals surface area contributed by atoms with Crippen molar-refractivity contribution in [2.75, 3.05) is 11.1 Å². The molecule has 0 saturated carbocycles. The standard InChI is InChI=1S/C14H13N5O/c1-19-13-5-12(3-2-9(13)7-17-19)18-14(20)10-4-11(15)8-16-6-10/h2-8H,15H2,1H3,(H,18,20). The number of aromatic nitrogens is 3. The third-order valence-corrected chi connectivity index (χ3v) is 3.03. The number of hydrogen-bond donors (Lipinski definition) is 2. The molecule has 0 saturated heterocycles. The van der Waals surface area contributed by atoms with Gasteiger partial charge in [-0.15, -0.1) is 0 Å². The summed E-state index contributed by atoms with van der Waals surface area (Å²) in [5.41, 5.74) is 8.15. The van der Waals surface area contributed by atoms with Crippen molar-refractivity contribution in [2.45, 2.75) is 0 Å². The first kappa shape index (κ1) is 12.2. The van der Waals surface area contributed by atoms with Crippen molar-refractivity contribution in [3.05, 3.63) is 48.4 Å². The van der Waals surface area contributed by atoms with Crippen LogP contribution < -0.4 is 11.1 Å². The maximum absolute atomic E-state index is 12.1. The Balaban J connectivity index is 1.89. The molecule has 100 valence electrons. The predicted octanol–water partition coefficient (Wildman–Crippen LogP) is 1.80. The first-order valence-corrected chi connectivity index (χ1v) is 6.07. The van der Waals surface area contributed by atoms with Gasteiger partial charge in [0.05, 0.1) is 23.0 Å². The second-order valence-electron chi connectivity index (χ2n) is 4.50. The van der Waals surface area contributed by atoms with Gasteiger partial charge in [-0.1, -0.05) is 0 Å². The van der Waals surface area contributed by atoms with Gasteiger partial charge in [0.1, 0.15) is 0 Å². The number of nitrogen functional groups attached to an aromatic ring is 1. The first-order chi connectivity index (χ1) is 9.63. The van der Waals surface area contributed by atoms with Gasteiger partial charge in [-0.3, -0.25) is 14.5 Å². The minimum Gasteiger partial charge on any atom is -0.397 e. The summed E-state index contributed by atoms with van der Waals surface area (Å²) < 4.78 is 1.76. The van der Waals surface area contributed by atoms with Crippen LogP contribution in [0.3, 0.4) is 0 Å². The highest BCUT2D eigenvalue weighted by molar-refractivity contribution is 6.05. The lowest BCUT2D eigenvalue weighted by Gasteiger charge is -2.06. The Morgan fingerprint density at radius 1 is 1.25 bits per heavy atom. The van der Waals surface area contributed by atoms with Crippen LogP contribution >= 0.6 is 0 Å². The smallest absolute Gasteiger partial charge is 0.257 e. The third kappa shape index (κ3) is 2.18. The molecule has 1 amide bonds. The van der Waals surface area contributed by atoms with Crippen LogP contribution in [0.15, 0.2) is 42.9 Å². The fourth-order valence-corrected chi connectivity index (χ4v) is 2.01. The second kappa shape index (κ2) is 4.65. The number of pyridine rings is 1. The molecule has 6 heteroatoms. The van der Waals surface area contributed by atoms with E-state index in [1.165, 1.54) is 12.4 Å². The molecule has 0 aliphatic heterocycles. The molecule has 0 unspecified atom stereocenters. The number of nitrogens with zero attached hydrogens (tertiary/aromatic N) is 3. The number of carbonyl (C=O) groups excluding carboxylic acids is 1. The summed E-state index contributed by atoms with van der Waals surface area (Å²) >= 11 is 0. The zero-order chi connectivity index (χ0) is 14.1. The lowest BCUT2D eigenvalue weighted by molar-refractivity contribution is 0.102. The number of anilines is 2. The summed E-state index contributed by atoms with van der Waals surface area (Å²) in [6.45, 7) is 0. The zero-order valence-electron chi connectivity index (χ0n) is 10.9. The Kier molecular flexibility index (Phi) is 2.83. The lowest BCUT2D eigenvalue weighted by atomic mass is 10.2. The molecule has 2 heterocycles. The van der Waals surface area contributed by atoms with E-state index < -0.39 is 0 Å². The van der Waals surface area contributed by atoms with Crippen LogP contribution in [0.1, 0.15) is 10.4 Å². The molecule has 2 aromatic heterocycles. The average molecular weight is 267 g/mol. The van der Waals surface area contributed by atoms with Crippen LogP contribution in [-0.4, -0.2) is 20.7 Å². The zero-order valence-corrected chi connectivity index (χ0v) is 10.9. The average Bonchev–Trinajstić information content (AvgIpc) is 2.80. The minimum atomic E-state index is -0.244. The van der Waals surface area contributed by atoms with Gasteiger partial charge in [-0.25, -0.2) is 0 Å². The van der Waals surface area contributed by atoms with Crippen molar-refractivity contribution in [3.8, 4) is 0 Å². The highest BCUT2D eigenvalue weighted by Gasteiger charge is 2.08. The SMILES string of the molecule is Cn1ncc2ccc(NC(=O)c3cncc(N)c3)cc21. The summed E-state index contributed by atoms with van der Waals surface area (Å²) in [7, 11) is 1.86. The number of nitrogens with two attached hydrogens (primary N) is 1. The molecule has 0 spiro atoms. The number of aryl methyl sites for hydroxylation is 1. The molecule has 3 rings (SSSR count). The molecule has 1 aromatic carbocycles. The van der Waals surface area contributed by atoms with Crippen molar-refractivity contribution < 1.29 is 4.79 Å². The van der Waals surface area contributed by atoms with E-state index in [9.17, 15) is 4.79 Å². The maximum Gasteiger partial charge on any atom is 0.257 e. The molecule has 20 heavy (non-hydrogen) atoms. The van der Waals surface area contributed by atoms with Crippen molar-refractivity contribution in [2.24, 2.45) is 7.05 Å². The van der Waals surface area contributed by atoms with Gasteiger partial charge in [0, 0.05) is 30.5 Å². The van der Waals surface area contributed by atoms with Crippen LogP contribution in [0, 0.1) is 0 Å². The number of amides is 1. The largest absolute Gasteiger partial charge is 0.397 e. The Hall–Kier alpha value is -2.89. The molecular formula is C14H13N5O. The molecule has 0 fully saturated rings. The molecule has 0 bridgehead atoms. The van der Waals surface area contributed by atoms with Gasteiger partial charge in [0.15, 0.2) is 0 Å². The Bertz CT molecular complexity index is 793. The van der Waals surface area contributed by atoms with Crippen molar-refractivity contribution in [1.29, 1.82) is 0 Å². The molecule has 0 radical (unpaired) electrons. The van der Waals surface area contributed by atoms with Crippen LogP contribution in [0.4, 0.5) is 11.4 Å². The van der Waals surface area contributed by atoms with E-state index in [-0.39, 0.29) is 5.91 Å². The van der Waals surface area contributed by atoms with E-state index in [0.717, 1.165) is 10.9 Å². The van der Waals surface area contributed by atoms with Crippen molar-refractivity contribution >= 4 is 28.2 Å². The van der Waals surface area contributed by atoms with E-state index in [0.29, 0.717) is 16.9 Å². The predicted molar refractivity (Wildman–Crippen MR) is 77.3 cm³/mol. The Morgan fingerprint density at radius 2 is 2.10 bits per heavy atom. The maximum atomic E-state index is 12.1. The number of benzene rings is 1. The molecular weight excluding hydrogens is 254 g/mol. The van der Waals surface area contributed by atoms with Crippen molar-refractivity contribution in [1.82, 2.24) is 14.8 Å². The van der Waals surface area contributed by atoms with Gasteiger partial charge in [0.25, 0.3) is 5.91 Å². The molecule has 0 aliphatic carbocycles. The van der Waals surface area contributed by atoms with Gasteiger partial charge < -0.3 is 11.1 Å². The number of nitrogens with one attached hydrogen (secondary N) is 1. The lowest BCUT2D eigenvalue weighted by Crippen LogP contribution is -2.12.